The van der Waals surface area contributed by atoms with Crippen LogP contribution in [0, 0.1) is 6.92 Å². The Kier molecular flexibility index (Phi) is 6.23. The summed E-state index contributed by atoms with van der Waals surface area (Å²) < 4.78 is 7.99. The summed E-state index contributed by atoms with van der Waals surface area (Å²) in [5.41, 5.74) is 3.26. The van der Waals surface area contributed by atoms with Gasteiger partial charge in [0.15, 0.2) is 0 Å². The lowest BCUT2D eigenvalue weighted by atomic mass is 10.1. The zero-order valence-corrected chi connectivity index (χ0v) is 15.5. The predicted molar refractivity (Wildman–Crippen MR) is 101 cm³/mol. The fourth-order valence-electron chi connectivity index (χ4n) is 3.22. The van der Waals surface area contributed by atoms with Crippen molar-refractivity contribution >= 4 is 5.78 Å². The van der Waals surface area contributed by atoms with Gasteiger partial charge < -0.3 is 14.2 Å². The lowest BCUT2D eigenvalue weighted by Crippen LogP contribution is -2.33. The molecule has 0 atom stereocenters. The third-order valence-electron chi connectivity index (χ3n) is 4.73. The molecule has 0 N–H and O–H groups in total. The third-order valence-corrected chi connectivity index (χ3v) is 4.73. The fourth-order valence-corrected chi connectivity index (χ4v) is 3.22. The number of benzene rings is 1. The van der Waals surface area contributed by atoms with Crippen LogP contribution in [0.15, 0.2) is 48.8 Å². The van der Waals surface area contributed by atoms with Crippen LogP contribution >= 0.6 is 0 Å². The summed E-state index contributed by atoms with van der Waals surface area (Å²) >= 11 is 0. The van der Waals surface area contributed by atoms with Gasteiger partial charge in [-0.2, -0.15) is 0 Å². The summed E-state index contributed by atoms with van der Waals surface area (Å²) in [6, 6.07) is 10.2. The van der Waals surface area contributed by atoms with Crippen LogP contribution in [0.25, 0.3) is 0 Å². The van der Waals surface area contributed by atoms with Crippen LogP contribution in [-0.2, 0) is 29.3 Å². The summed E-state index contributed by atoms with van der Waals surface area (Å²) in [6.45, 7) is 9.71. The minimum atomic E-state index is 0.358. The van der Waals surface area contributed by atoms with E-state index in [1.807, 2.05) is 25.1 Å². The molecule has 0 bridgehead atoms. The molecule has 1 aromatic heterocycles. The first-order chi connectivity index (χ1) is 12.6. The van der Waals surface area contributed by atoms with Gasteiger partial charge in [-0.1, -0.05) is 36.9 Å². The minimum absolute atomic E-state index is 0.358. The van der Waals surface area contributed by atoms with E-state index < -0.39 is 0 Å². The molecular formula is C21H27N3O2. The van der Waals surface area contributed by atoms with Gasteiger partial charge in [-0.05, 0) is 12.5 Å². The molecule has 3 rings (SSSR count). The summed E-state index contributed by atoms with van der Waals surface area (Å²) in [4.78, 5) is 18.2. The van der Waals surface area contributed by atoms with Gasteiger partial charge in [0.1, 0.15) is 18.2 Å². The third kappa shape index (κ3) is 5.05. The summed E-state index contributed by atoms with van der Waals surface area (Å²) in [5.74, 6) is 1.30. The molecule has 1 fully saturated rings. The monoisotopic (exact) mass is 353 g/mol. The van der Waals surface area contributed by atoms with Crippen molar-refractivity contribution in [3.63, 3.8) is 0 Å². The normalized spacial score (nSPS) is 14.7. The molecule has 5 nitrogen and oxygen atoms in total. The standard InChI is InChI=1S/C21H27N3O2/c1-17-14-24(11-8-18(2)23-12-9-20(25)10-13-23)21(22-17)16-26-15-19-6-4-3-5-7-19/h3-7,14H,2,8-13,15-16H2,1H3. The van der Waals surface area contributed by atoms with Gasteiger partial charge in [-0.3, -0.25) is 4.79 Å². The lowest BCUT2D eigenvalue weighted by molar-refractivity contribution is -0.121. The minimum Gasteiger partial charge on any atom is -0.374 e. The van der Waals surface area contributed by atoms with Crippen molar-refractivity contribution in [1.82, 2.24) is 14.5 Å². The van der Waals surface area contributed by atoms with Gasteiger partial charge in [-0.25, -0.2) is 4.98 Å². The number of nitrogens with zero attached hydrogens (tertiary/aromatic N) is 3. The van der Waals surface area contributed by atoms with Gasteiger partial charge >= 0.3 is 0 Å². The summed E-state index contributed by atoms with van der Waals surface area (Å²) in [5, 5.41) is 0. The highest BCUT2D eigenvalue weighted by Gasteiger charge is 2.17. The van der Waals surface area contributed by atoms with E-state index in [-0.39, 0.29) is 0 Å². The number of ether oxygens (including phenoxy) is 1. The molecule has 26 heavy (non-hydrogen) atoms. The van der Waals surface area contributed by atoms with Crippen LogP contribution in [0.2, 0.25) is 0 Å². The number of allylic oxidation sites excluding steroid dienone is 1. The molecule has 2 heterocycles. The van der Waals surface area contributed by atoms with E-state index in [9.17, 15) is 4.79 Å². The lowest BCUT2D eigenvalue weighted by Gasteiger charge is -2.30. The molecular weight excluding hydrogens is 326 g/mol. The van der Waals surface area contributed by atoms with Gasteiger partial charge in [0.2, 0.25) is 0 Å². The van der Waals surface area contributed by atoms with E-state index in [4.69, 9.17) is 4.74 Å². The fraction of sp³-hybridized carbons (Fsp3) is 0.429. The maximum Gasteiger partial charge on any atom is 0.136 e. The van der Waals surface area contributed by atoms with E-state index >= 15 is 0 Å². The zero-order chi connectivity index (χ0) is 18.4. The molecule has 0 radical (unpaired) electrons. The highest BCUT2D eigenvalue weighted by Crippen LogP contribution is 2.16. The molecule has 138 valence electrons. The van der Waals surface area contributed by atoms with E-state index in [1.54, 1.807) is 0 Å². The van der Waals surface area contributed by atoms with E-state index in [0.717, 1.165) is 48.8 Å². The molecule has 0 unspecified atom stereocenters. The number of hydrogen-bond donors (Lipinski definition) is 0. The first-order valence-corrected chi connectivity index (χ1v) is 9.20. The smallest absolute Gasteiger partial charge is 0.136 e. The van der Waals surface area contributed by atoms with Crippen molar-refractivity contribution in [3.05, 3.63) is 65.9 Å². The number of carbonyl (C=O) groups excluding carboxylic acids is 1. The second-order valence-electron chi connectivity index (χ2n) is 6.81. The number of rotatable bonds is 8. The van der Waals surface area contributed by atoms with Crippen LogP contribution in [0.5, 0.6) is 0 Å². The van der Waals surface area contributed by atoms with Crippen molar-refractivity contribution in [2.45, 2.75) is 45.9 Å². The van der Waals surface area contributed by atoms with Crippen LogP contribution in [0.1, 0.15) is 36.3 Å². The average molecular weight is 353 g/mol. The van der Waals surface area contributed by atoms with Crippen LogP contribution in [-0.4, -0.2) is 33.3 Å². The zero-order valence-electron chi connectivity index (χ0n) is 15.5. The summed E-state index contributed by atoms with van der Waals surface area (Å²) in [7, 11) is 0. The maximum absolute atomic E-state index is 11.4. The molecule has 0 amide bonds. The van der Waals surface area contributed by atoms with Crippen molar-refractivity contribution in [1.29, 1.82) is 0 Å². The van der Waals surface area contributed by atoms with Gasteiger partial charge in [-0.15, -0.1) is 0 Å². The maximum atomic E-state index is 11.4. The van der Waals surface area contributed by atoms with E-state index in [0.29, 0.717) is 31.8 Å². The van der Waals surface area contributed by atoms with Crippen LogP contribution in [0.3, 0.4) is 0 Å². The van der Waals surface area contributed by atoms with Crippen LogP contribution < -0.4 is 0 Å². The largest absolute Gasteiger partial charge is 0.374 e. The number of likely N-dealkylation sites (tertiary alicyclic amines) is 1. The van der Waals surface area contributed by atoms with Crippen molar-refractivity contribution in [2.24, 2.45) is 0 Å². The number of ketones is 1. The van der Waals surface area contributed by atoms with Crippen molar-refractivity contribution in [2.75, 3.05) is 13.1 Å². The molecule has 2 aromatic rings. The van der Waals surface area contributed by atoms with E-state index in [1.165, 1.54) is 0 Å². The first-order valence-electron chi connectivity index (χ1n) is 9.20. The highest BCUT2D eigenvalue weighted by atomic mass is 16.5. The Morgan fingerprint density at radius 3 is 2.65 bits per heavy atom. The number of aryl methyl sites for hydroxylation is 2. The molecule has 1 aromatic carbocycles. The molecule has 0 spiro atoms. The van der Waals surface area contributed by atoms with Crippen molar-refractivity contribution < 1.29 is 9.53 Å². The quantitative estimate of drug-likeness (QED) is 0.729. The molecule has 0 saturated carbocycles. The average Bonchev–Trinajstić information content (AvgIpc) is 3.01. The van der Waals surface area contributed by atoms with Crippen molar-refractivity contribution in [3.8, 4) is 0 Å². The van der Waals surface area contributed by atoms with Gasteiger partial charge in [0, 0.05) is 50.8 Å². The number of aromatic nitrogens is 2. The second-order valence-corrected chi connectivity index (χ2v) is 6.81. The number of carbonyl (C=O) groups is 1. The van der Waals surface area contributed by atoms with Gasteiger partial charge in [0.25, 0.3) is 0 Å². The Morgan fingerprint density at radius 1 is 1.19 bits per heavy atom. The Balaban J connectivity index is 1.50. The molecule has 5 heteroatoms. The first kappa shape index (κ1) is 18.4. The number of piperidine rings is 1. The Hall–Kier alpha value is -2.40. The molecule has 1 saturated heterocycles. The Bertz CT molecular complexity index is 742. The molecule has 0 aliphatic carbocycles. The summed E-state index contributed by atoms with van der Waals surface area (Å²) in [6.07, 6.45) is 4.20. The van der Waals surface area contributed by atoms with Gasteiger partial charge in [0.05, 0.1) is 12.3 Å². The number of imidazole rings is 1. The van der Waals surface area contributed by atoms with E-state index in [2.05, 4.69) is 39.4 Å². The second kappa shape index (κ2) is 8.81. The van der Waals surface area contributed by atoms with Crippen LogP contribution in [0.4, 0.5) is 0 Å². The topological polar surface area (TPSA) is 47.4 Å². The Labute approximate surface area is 155 Å². The number of hydrogen-bond acceptors (Lipinski definition) is 4. The molecule has 1 aliphatic rings. The molecule has 1 aliphatic heterocycles. The number of Topliss-reactive ketones (excluding diaryl/α,β-unsaturated/α-hetero) is 1. The highest BCUT2D eigenvalue weighted by molar-refractivity contribution is 5.79. The predicted octanol–water partition coefficient (Wildman–Crippen LogP) is 3.48. The SMILES string of the molecule is C=C(CCn1cc(C)nc1COCc1ccccc1)N1CCC(=O)CC1. The Morgan fingerprint density at radius 2 is 1.92 bits per heavy atom.